The number of rotatable bonds is 0. The standard InChI is InChI=1S/C20H18S/c1-10-9-11(2)15-6-8-17-13(4)20(21)12(3)16-7-5-14(10)18(15)19(16)17/h5-9,21H,1-4H3. The van der Waals surface area contributed by atoms with E-state index in [1.165, 1.54) is 54.6 Å². The van der Waals surface area contributed by atoms with E-state index >= 15 is 0 Å². The fourth-order valence-electron chi connectivity index (χ4n) is 3.79. The van der Waals surface area contributed by atoms with Crippen LogP contribution in [0.3, 0.4) is 0 Å². The van der Waals surface area contributed by atoms with Crippen LogP contribution in [0.4, 0.5) is 0 Å². The van der Waals surface area contributed by atoms with Crippen molar-refractivity contribution in [3.05, 3.63) is 52.6 Å². The molecule has 0 aliphatic heterocycles. The molecule has 0 aromatic heterocycles. The van der Waals surface area contributed by atoms with Crippen molar-refractivity contribution in [1.82, 2.24) is 0 Å². The second-order valence-corrected chi connectivity index (χ2v) is 6.63. The van der Waals surface area contributed by atoms with Gasteiger partial charge in [0.15, 0.2) is 0 Å². The van der Waals surface area contributed by atoms with Crippen molar-refractivity contribution in [2.45, 2.75) is 32.6 Å². The lowest BCUT2D eigenvalue weighted by Crippen LogP contribution is -1.94. The molecule has 21 heavy (non-hydrogen) atoms. The largest absolute Gasteiger partial charge is 0.143 e. The molecule has 0 bridgehead atoms. The van der Waals surface area contributed by atoms with Crippen molar-refractivity contribution >= 4 is 44.9 Å². The average Bonchev–Trinajstić information content (AvgIpc) is 2.48. The first kappa shape index (κ1) is 13.0. The first-order valence-electron chi connectivity index (χ1n) is 7.37. The van der Waals surface area contributed by atoms with Gasteiger partial charge in [0.05, 0.1) is 0 Å². The topological polar surface area (TPSA) is 0 Å². The van der Waals surface area contributed by atoms with Gasteiger partial charge in [-0.3, -0.25) is 0 Å². The van der Waals surface area contributed by atoms with Gasteiger partial charge in [0.2, 0.25) is 0 Å². The van der Waals surface area contributed by atoms with Crippen molar-refractivity contribution in [1.29, 1.82) is 0 Å². The third-order valence-electron chi connectivity index (χ3n) is 4.96. The van der Waals surface area contributed by atoms with Gasteiger partial charge in [-0.1, -0.05) is 30.3 Å². The summed E-state index contributed by atoms with van der Waals surface area (Å²) in [5.41, 5.74) is 5.30. The van der Waals surface area contributed by atoms with Crippen molar-refractivity contribution in [3.63, 3.8) is 0 Å². The molecule has 0 spiro atoms. The molecule has 4 aromatic rings. The molecule has 0 fully saturated rings. The van der Waals surface area contributed by atoms with E-state index in [4.69, 9.17) is 12.6 Å². The van der Waals surface area contributed by atoms with E-state index in [9.17, 15) is 0 Å². The number of benzene rings is 4. The van der Waals surface area contributed by atoms with Crippen LogP contribution in [0.1, 0.15) is 22.3 Å². The van der Waals surface area contributed by atoms with E-state index in [-0.39, 0.29) is 0 Å². The second kappa shape index (κ2) is 4.14. The van der Waals surface area contributed by atoms with E-state index in [1.807, 2.05) is 0 Å². The van der Waals surface area contributed by atoms with Gasteiger partial charge in [0, 0.05) is 4.90 Å². The van der Waals surface area contributed by atoms with Crippen LogP contribution in [0.25, 0.3) is 32.3 Å². The van der Waals surface area contributed by atoms with E-state index in [0.717, 1.165) is 4.90 Å². The molecule has 0 unspecified atom stereocenters. The maximum absolute atomic E-state index is 4.73. The number of aryl methyl sites for hydroxylation is 4. The van der Waals surface area contributed by atoms with E-state index in [1.54, 1.807) is 0 Å². The minimum atomic E-state index is 1.12. The third kappa shape index (κ3) is 1.53. The third-order valence-corrected chi connectivity index (χ3v) is 5.63. The Bertz CT molecular complexity index is 949. The Morgan fingerprint density at radius 2 is 1.00 bits per heavy atom. The molecular formula is C20H18S. The first-order valence-corrected chi connectivity index (χ1v) is 7.82. The van der Waals surface area contributed by atoms with Crippen LogP contribution in [0, 0.1) is 27.7 Å². The molecule has 1 heteroatoms. The predicted molar refractivity (Wildman–Crippen MR) is 96.3 cm³/mol. The highest BCUT2D eigenvalue weighted by Gasteiger charge is 2.16. The molecule has 0 nitrogen and oxygen atoms in total. The Kier molecular flexibility index (Phi) is 2.56. The van der Waals surface area contributed by atoms with Gasteiger partial charge in [-0.15, -0.1) is 12.6 Å². The summed E-state index contributed by atoms with van der Waals surface area (Å²) >= 11 is 4.73. The summed E-state index contributed by atoms with van der Waals surface area (Å²) in [5.74, 6) is 0. The maximum atomic E-state index is 4.73. The highest BCUT2D eigenvalue weighted by atomic mass is 32.1. The SMILES string of the molecule is Cc1cc(C)c2ccc3c(C)c(S)c(C)c4ccc1c2c43. The zero-order valence-corrected chi connectivity index (χ0v) is 13.7. The van der Waals surface area contributed by atoms with Crippen molar-refractivity contribution < 1.29 is 0 Å². The van der Waals surface area contributed by atoms with Gasteiger partial charge in [-0.05, 0) is 82.3 Å². The van der Waals surface area contributed by atoms with Crippen LogP contribution in [0.2, 0.25) is 0 Å². The molecule has 4 aromatic carbocycles. The summed E-state index contributed by atoms with van der Waals surface area (Å²) in [6.07, 6.45) is 0. The summed E-state index contributed by atoms with van der Waals surface area (Å²) in [6, 6.07) is 11.4. The minimum Gasteiger partial charge on any atom is -0.143 e. The number of thiol groups is 1. The predicted octanol–water partition coefficient (Wildman–Crippen LogP) is 6.11. The Balaban J connectivity index is 2.47. The quantitative estimate of drug-likeness (QED) is 0.293. The highest BCUT2D eigenvalue weighted by Crippen LogP contribution is 2.41. The molecular weight excluding hydrogens is 272 g/mol. The monoisotopic (exact) mass is 290 g/mol. The normalized spacial score (nSPS) is 12.0. The van der Waals surface area contributed by atoms with Crippen LogP contribution in [0.15, 0.2) is 35.2 Å². The van der Waals surface area contributed by atoms with Crippen LogP contribution in [0.5, 0.6) is 0 Å². The van der Waals surface area contributed by atoms with Crippen LogP contribution in [-0.4, -0.2) is 0 Å². The van der Waals surface area contributed by atoms with Gasteiger partial charge in [-0.25, -0.2) is 0 Å². The minimum absolute atomic E-state index is 1.12. The molecule has 0 aliphatic rings. The fraction of sp³-hybridized carbons (Fsp3) is 0.200. The zero-order valence-electron chi connectivity index (χ0n) is 12.8. The van der Waals surface area contributed by atoms with Gasteiger partial charge < -0.3 is 0 Å². The summed E-state index contributed by atoms with van der Waals surface area (Å²) in [4.78, 5) is 1.12. The van der Waals surface area contributed by atoms with Crippen molar-refractivity contribution in [2.75, 3.05) is 0 Å². The molecule has 0 amide bonds. The zero-order chi connectivity index (χ0) is 14.9. The molecule has 104 valence electrons. The molecule has 0 N–H and O–H groups in total. The van der Waals surface area contributed by atoms with Gasteiger partial charge in [0.25, 0.3) is 0 Å². The van der Waals surface area contributed by atoms with Gasteiger partial charge in [0.1, 0.15) is 0 Å². The molecule has 4 rings (SSSR count). The molecule has 0 radical (unpaired) electrons. The van der Waals surface area contributed by atoms with Crippen LogP contribution < -0.4 is 0 Å². The molecule has 0 saturated carbocycles. The summed E-state index contributed by atoms with van der Waals surface area (Å²) in [5, 5.41) is 8.25. The molecule has 0 aliphatic carbocycles. The average molecular weight is 290 g/mol. The Hall–Kier alpha value is -1.73. The van der Waals surface area contributed by atoms with Crippen LogP contribution in [-0.2, 0) is 0 Å². The van der Waals surface area contributed by atoms with E-state index < -0.39 is 0 Å². The Labute approximate surface area is 130 Å². The Morgan fingerprint density at radius 1 is 0.619 bits per heavy atom. The maximum Gasteiger partial charge on any atom is 0.0111 e. The molecule has 0 heterocycles. The molecule has 0 atom stereocenters. The highest BCUT2D eigenvalue weighted by molar-refractivity contribution is 7.80. The second-order valence-electron chi connectivity index (χ2n) is 6.18. The summed E-state index contributed by atoms with van der Waals surface area (Å²) < 4.78 is 0. The number of hydrogen-bond donors (Lipinski definition) is 1. The lowest BCUT2D eigenvalue weighted by Gasteiger charge is -2.18. The van der Waals surface area contributed by atoms with Gasteiger partial charge >= 0.3 is 0 Å². The summed E-state index contributed by atoms with van der Waals surface area (Å²) in [7, 11) is 0. The van der Waals surface area contributed by atoms with Crippen molar-refractivity contribution in [3.8, 4) is 0 Å². The van der Waals surface area contributed by atoms with Gasteiger partial charge in [-0.2, -0.15) is 0 Å². The van der Waals surface area contributed by atoms with E-state index in [0.29, 0.717) is 0 Å². The molecule has 0 saturated heterocycles. The fourth-order valence-corrected chi connectivity index (χ4v) is 4.04. The van der Waals surface area contributed by atoms with Crippen molar-refractivity contribution in [2.24, 2.45) is 0 Å². The first-order chi connectivity index (χ1) is 10.0. The smallest absolute Gasteiger partial charge is 0.0111 e. The Morgan fingerprint density at radius 3 is 1.48 bits per heavy atom. The number of hydrogen-bond acceptors (Lipinski definition) is 1. The lowest BCUT2D eigenvalue weighted by atomic mass is 9.87. The summed E-state index contributed by atoms with van der Waals surface area (Å²) in [6.45, 7) is 8.78. The van der Waals surface area contributed by atoms with E-state index in [2.05, 4.69) is 58.0 Å². The van der Waals surface area contributed by atoms with Crippen LogP contribution >= 0.6 is 12.6 Å². The lowest BCUT2D eigenvalue weighted by molar-refractivity contribution is 1.28.